The first kappa shape index (κ1) is 22.1. The van der Waals surface area contributed by atoms with E-state index in [0.717, 1.165) is 11.1 Å². The second-order valence-electron chi connectivity index (χ2n) is 7.76. The van der Waals surface area contributed by atoms with E-state index in [4.69, 9.17) is 4.74 Å². The molecular formula is C23H27N2O4. The predicted octanol–water partition coefficient (Wildman–Crippen LogP) is 2.96. The molecule has 2 amide bonds. The molecule has 6 nitrogen and oxygen atoms in total. The molecule has 2 aromatic carbocycles. The summed E-state index contributed by atoms with van der Waals surface area (Å²) in [6, 6.07) is 17.0. The van der Waals surface area contributed by atoms with E-state index in [9.17, 15) is 14.4 Å². The third-order valence-corrected chi connectivity index (χ3v) is 4.03. The number of ether oxygens (including phenoxy) is 1. The molecule has 0 bridgehead atoms. The average molecular weight is 395 g/mol. The van der Waals surface area contributed by atoms with E-state index in [0.29, 0.717) is 6.42 Å². The molecule has 0 fully saturated rings. The first-order chi connectivity index (χ1) is 13.8. The van der Waals surface area contributed by atoms with Gasteiger partial charge in [-0.25, -0.2) is 4.79 Å². The highest BCUT2D eigenvalue weighted by molar-refractivity contribution is 5.88. The summed E-state index contributed by atoms with van der Waals surface area (Å²) in [5, 5.41) is 5.28. The number of rotatable bonds is 8. The Bertz CT molecular complexity index is 801. The van der Waals surface area contributed by atoms with Crippen molar-refractivity contribution in [1.82, 2.24) is 10.6 Å². The van der Waals surface area contributed by atoms with Gasteiger partial charge in [-0.15, -0.1) is 0 Å². The minimum atomic E-state index is -0.890. The maximum Gasteiger partial charge on any atom is 0.408 e. The van der Waals surface area contributed by atoms with Crippen molar-refractivity contribution in [2.75, 3.05) is 0 Å². The molecule has 0 aliphatic heterocycles. The lowest BCUT2D eigenvalue weighted by atomic mass is 10.0. The van der Waals surface area contributed by atoms with Crippen LogP contribution in [0.1, 0.15) is 31.9 Å². The van der Waals surface area contributed by atoms with E-state index in [-0.39, 0.29) is 6.42 Å². The summed E-state index contributed by atoms with van der Waals surface area (Å²) in [5.74, 6) is -0.469. The molecule has 1 radical (unpaired) electrons. The number of carbonyl (C=O) groups is 2. The van der Waals surface area contributed by atoms with Crippen molar-refractivity contribution in [3.63, 3.8) is 0 Å². The van der Waals surface area contributed by atoms with Crippen molar-refractivity contribution in [1.29, 1.82) is 0 Å². The van der Waals surface area contributed by atoms with Gasteiger partial charge >= 0.3 is 6.09 Å². The number of alkyl carbamates (subject to hydrolysis) is 1. The Balaban J connectivity index is 2.09. The van der Waals surface area contributed by atoms with E-state index in [2.05, 4.69) is 10.6 Å². The quantitative estimate of drug-likeness (QED) is 0.720. The van der Waals surface area contributed by atoms with Gasteiger partial charge in [0.05, 0.1) is 6.04 Å². The average Bonchev–Trinajstić information content (AvgIpc) is 2.67. The van der Waals surface area contributed by atoms with E-state index in [1.165, 1.54) is 0 Å². The molecule has 0 aromatic heterocycles. The molecule has 0 saturated heterocycles. The first-order valence-electron chi connectivity index (χ1n) is 9.52. The third-order valence-electron chi connectivity index (χ3n) is 4.03. The van der Waals surface area contributed by atoms with Gasteiger partial charge in [0.25, 0.3) is 0 Å². The zero-order valence-corrected chi connectivity index (χ0v) is 17.0. The fourth-order valence-electron chi connectivity index (χ4n) is 2.75. The smallest absolute Gasteiger partial charge is 0.408 e. The molecule has 29 heavy (non-hydrogen) atoms. The summed E-state index contributed by atoms with van der Waals surface area (Å²) in [4.78, 5) is 36.5. The molecule has 153 valence electrons. The monoisotopic (exact) mass is 395 g/mol. The SMILES string of the molecule is CC(C)(C)OC(=O)N[C@@H](Cc1ccccc1)C(=O)N[C@H]([C]=O)Cc1ccccc1. The summed E-state index contributed by atoms with van der Waals surface area (Å²) in [6.07, 6.45) is 1.76. The molecule has 0 aliphatic carbocycles. The second-order valence-corrected chi connectivity index (χ2v) is 7.76. The lowest BCUT2D eigenvalue weighted by molar-refractivity contribution is -0.123. The number of amides is 2. The normalized spacial score (nSPS) is 13.1. The topological polar surface area (TPSA) is 84.5 Å². The standard InChI is InChI=1S/C23H27N2O4/c1-23(2,3)29-22(28)25-20(15-18-12-8-5-9-13-18)21(27)24-19(16-26)14-17-10-6-4-7-11-17/h4-13,19-20H,14-15H2,1-3H3,(H,24,27)(H,25,28)/t19-,20-/m0/s1. The van der Waals surface area contributed by atoms with Crippen LogP contribution >= 0.6 is 0 Å². The van der Waals surface area contributed by atoms with Crippen LogP contribution in [0.25, 0.3) is 0 Å². The summed E-state index contributed by atoms with van der Waals surface area (Å²) in [5.41, 5.74) is 1.09. The van der Waals surface area contributed by atoms with Gasteiger partial charge < -0.3 is 15.4 Å². The Hall–Kier alpha value is -3.15. The minimum absolute atomic E-state index is 0.267. The summed E-state index contributed by atoms with van der Waals surface area (Å²) >= 11 is 0. The Kier molecular flexibility index (Phi) is 7.95. The molecule has 0 aliphatic rings. The number of carbonyl (C=O) groups excluding carboxylic acids is 3. The molecule has 2 N–H and O–H groups in total. The third kappa shape index (κ3) is 8.17. The molecule has 0 saturated carbocycles. The lowest BCUT2D eigenvalue weighted by Gasteiger charge is -2.24. The van der Waals surface area contributed by atoms with Crippen LogP contribution in [-0.4, -0.2) is 36.0 Å². The summed E-state index contributed by atoms with van der Waals surface area (Å²) < 4.78 is 5.28. The number of hydrogen-bond acceptors (Lipinski definition) is 4. The molecule has 2 atom stereocenters. The molecule has 6 heteroatoms. The Morgan fingerprint density at radius 2 is 1.41 bits per heavy atom. The van der Waals surface area contributed by atoms with Crippen molar-refractivity contribution >= 4 is 18.3 Å². The van der Waals surface area contributed by atoms with Crippen LogP contribution in [0, 0.1) is 0 Å². The van der Waals surface area contributed by atoms with Crippen LogP contribution < -0.4 is 10.6 Å². The van der Waals surface area contributed by atoms with Gasteiger partial charge in [-0.1, -0.05) is 60.7 Å². The highest BCUT2D eigenvalue weighted by Gasteiger charge is 2.26. The Morgan fingerprint density at radius 3 is 1.90 bits per heavy atom. The number of benzene rings is 2. The van der Waals surface area contributed by atoms with Gasteiger partial charge in [0.15, 0.2) is 0 Å². The van der Waals surface area contributed by atoms with Gasteiger partial charge in [0.2, 0.25) is 12.2 Å². The van der Waals surface area contributed by atoms with Crippen LogP contribution in [0.2, 0.25) is 0 Å². The van der Waals surface area contributed by atoms with Crippen LogP contribution in [0.5, 0.6) is 0 Å². The Labute approximate surface area is 171 Å². The maximum atomic E-state index is 12.8. The van der Waals surface area contributed by atoms with Gasteiger partial charge in [-0.2, -0.15) is 0 Å². The maximum absolute atomic E-state index is 12.8. The van der Waals surface area contributed by atoms with Crippen LogP contribution in [-0.2, 0) is 27.2 Å². The first-order valence-corrected chi connectivity index (χ1v) is 9.52. The van der Waals surface area contributed by atoms with Crippen molar-refractivity contribution in [2.24, 2.45) is 0 Å². The predicted molar refractivity (Wildman–Crippen MR) is 111 cm³/mol. The highest BCUT2D eigenvalue weighted by atomic mass is 16.6. The highest BCUT2D eigenvalue weighted by Crippen LogP contribution is 2.09. The van der Waals surface area contributed by atoms with Crippen LogP contribution in [0.4, 0.5) is 4.79 Å². The van der Waals surface area contributed by atoms with E-state index in [1.807, 2.05) is 66.9 Å². The number of hydrogen-bond donors (Lipinski definition) is 2. The van der Waals surface area contributed by atoms with Gasteiger partial charge in [-0.05, 0) is 31.9 Å². The van der Waals surface area contributed by atoms with Gasteiger partial charge in [-0.3, -0.25) is 9.59 Å². The van der Waals surface area contributed by atoms with Crippen molar-refractivity contribution < 1.29 is 19.1 Å². The Morgan fingerprint density at radius 1 is 0.897 bits per heavy atom. The molecule has 2 aromatic rings. The summed E-state index contributed by atoms with van der Waals surface area (Å²) in [6.45, 7) is 5.24. The second kappa shape index (κ2) is 10.4. The van der Waals surface area contributed by atoms with Gasteiger partial charge in [0, 0.05) is 12.8 Å². The zero-order chi connectivity index (χ0) is 21.3. The molecule has 0 unspecified atom stereocenters. The molecule has 0 spiro atoms. The molecule has 0 heterocycles. The van der Waals surface area contributed by atoms with Crippen LogP contribution in [0.3, 0.4) is 0 Å². The van der Waals surface area contributed by atoms with E-state index in [1.54, 1.807) is 20.8 Å². The fraction of sp³-hybridized carbons (Fsp3) is 0.348. The van der Waals surface area contributed by atoms with E-state index >= 15 is 0 Å². The van der Waals surface area contributed by atoms with Crippen molar-refractivity contribution in [2.45, 2.75) is 51.3 Å². The largest absolute Gasteiger partial charge is 0.444 e. The van der Waals surface area contributed by atoms with E-state index < -0.39 is 29.7 Å². The van der Waals surface area contributed by atoms with Crippen LogP contribution in [0.15, 0.2) is 60.7 Å². The van der Waals surface area contributed by atoms with Crippen molar-refractivity contribution in [3.05, 3.63) is 71.8 Å². The number of nitrogens with one attached hydrogen (secondary N) is 2. The fourth-order valence-corrected chi connectivity index (χ4v) is 2.75. The molecular weight excluding hydrogens is 368 g/mol. The van der Waals surface area contributed by atoms with Gasteiger partial charge in [0.1, 0.15) is 11.6 Å². The lowest BCUT2D eigenvalue weighted by Crippen LogP contribution is -2.52. The van der Waals surface area contributed by atoms with Crippen molar-refractivity contribution in [3.8, 4) is 0 Å². The minimum Gasteiger partial charge on any atom is -0.444 e. The summed E-state index contributed by atoms with van der Waals surface area (Å²) in [7, 11) is 0. The zero-order valence-electron chi connectivity index (χ0n) is 17.0. The molecule has 2 rings (SSSR count).